The van der Waals surface area contributed by atoms with E-state index in [1.165, 1.54) is 9.83 Å². The van der Waals surface area contributed by atoms with E-state index in [0.717, 1.165) is 18.6 Å². The van der Waals surface area contributed by atoms with Crippen LogP contribution in [0.1, 0.15) is 19.8 Å². The zero-order chi connectivity index (χ0) is 7.11. The predicted octanol–water partition coefficient (Wildman–Crippen LogP) is 2.46. The van der Waals surface area contributed by atoms with Gasteiger partial charge in [0.2, 0.25) is 0 Å². The van der Waals surface area contributed by atoms with E-state index in [9.17, 15) is 4.55 Å². The van der Waals surface area contributed by atoms with E-state index in [0.29, 0.717) is 0 Å². The lowest BCUT2D eigenvalue weighted by Gasteiger charge is -2.03. The first-order valence-corrected chi connectivity index (χ1v) is 7.30. The molecule has 0 aromatic heterocycles. The minimum atomic E-state index is -0.640. The van der Waals surface area contributed by atoms with E-state index >= 15 is 0 Å². The zero-order valence-electron chi connectivity index (χ0n) is 5.75. The molecule has 0 saturated carbocycles. The summed E-state index contributed by atoms with van der Waals surface area (Å²) in [6.07, 6.45) is 4.18. The number of rotatable bonds is 5. The summed E-state index contributed by atoms with van der Waals surface area (Å²) < 4.78 is 10.9. The van der Waals surface area contributed by atoms with Gasteiger partial charge in [0.05, 0.1) is 0 Å². The van der Waals surface area contributed by atoms with Crippen molar-refractivity contribution in [3.8, 4) is 0 Å². The van der Waals surface area contributed by atoms with Gasteiger partial charge in [-0.1, -0.05) is 13.3 Å². The molecule has 4 heteroatoms. The highest BCUT2D eigenvalue weighted by atomic mass is 33.5. The fourth-order valence-corrected chi connectivity index (χ4v) is 4.11. The fraction of sp³-hybridized carbons (Fsp3) is 1.00. The third kappa shape index (κ3) is 6.90. The molecular formula is C5H12OS3. The van der Waals surface area contributed by atoms with Crippen molar-refractivity contribution in [3.05, 3.63) is 0 Å². The van der Waals surface area contributed by atoms with Crippen LogP contribution in [0.25, 0.3) is 0 Å². The quantitative estimate of drug-likeness (QED) is 0.484. The Labute approximate surface area is 67.3 Å². The number of hydrogen-bond acceptors (Lipinski definition) is 3. The van der Waals surface area contributed by atoms with Crippen LogP contribution in [0.2, 0.25) is 0 Å². The second-order valence-electron chi connectivity index (χ2n) is 1.60. The van der Waals surface area contributed by atoms with Crippen LogP contribution in [0.3, 0.4) is 0 Å². The van der Waals surface area contributed by atoms with Crippen molar-refractivity contribution in [2.75, 3.05) is 12.0 Å². The van der Waals surface area contributed by atoms with Crippen molar-refractivity contribution in [1.82, 2.24) is 0 Å². The summed E-state index contributed by atoms with van der Waals surface area (Å²) in [5, 5.41) is 0. The summed E-state index contributed by atoms with van der Waals surface area (Å²) >= 11 is 0. The van der Waals surface area contributed by atoms with Crippen molar-refractivity contribution in [1.29, 1.82) is 0 Å². The second-order valence-corrected chi connectivity index (χ2v) is 6.83. The molecule has 0 amide bonds. The molecule has 1 nitrogen and oxygen atoms in total. The Morgan fingerprint density at radius 1 is 1.56 bits per heavy atom. The van der Waals surface area contributed by atoms with Crippen LogP contribution >= 0.6 is 20.6 Å². The van der Waals surface area contributed by atoms with Crippen LogP contribution in [0.15, 0.2) is 0 Å². The molecule has 0 spiro atoms. The molecule has 0 saturated heterocycles. The topological polar surface area (TPSA) is 23.1 Å². The lowest BCUT2D eigenvalue weighted by Crippen LogP contribution is -1.98. The molecule has 56 valence electrons. The van der Waals surface area contributed by atoms with Gasteiger partial charge in [0.15, 0.2) is 9.83 Å². The molecule has 0 aliphatic carbocycles. The summed E-state index contributed by atoms with van der Waals surface area (Å²) in [6.45, 7) is 2.11. The Morgan fingerprint density at radius 2 is 2.22 bits per heavy atom. The van der Waals surface area contributed by atoms with Gasteiger partial charge in [-0.2, -0.15) is 0 Å². The smallest absolute Gasteiger partial charge is 0.160 e. The second kappa shape index (κ2) is 7.12. The average Bonchev–Trinajstić information content (AvgIpc) is 1.85. The molecule has 0 radical (unpaired) electrons. The van der Waals surface area contributed by atoms with Crippen molar-refractivity contribution in [2.45, 2.75) is 19.8 Å². The van der Waals surface area contributed by atoms with Crippen molar-refractivity contribution < 1.29 is 4.55 Å². The van der Waals surface area contributed by atoms with Crippen LogP contribution in [0, 0.1) is 0 Å². The normalized spacial score (nSPS) is 13.7. The van der Waals surface area contributed by atoms with Crippen LogP contribution in [0.5, 0.6) is 0 Å². The van der Waals surface area contributed by atoms with Crippen molar-refractivity contribution in [2.24, 2.45) is 0 Å². The highest BCUT2D eigenvalue weighted by Crippen LogP contribution is 2.25. The molecule has 0 N–H and O–H groups in total. The van der Waals surface area contributed by atoms with Crippen LogP contribution in [-0.4, -0.2) is 16.6 Å². The molecule has 0 aliphatic heterocycles. The number of unbranched alkanes of at least 4 members (excludes halogenated alkanes) is 1. The zero-order valence-corrected chi connectivity index (χ0v) is 8.20. The van der Waals surface area contributed by atoms with E-state index in [-0.39, 0.29) is 0 Å². The van der Waals surface area contributed by atoms with Crippen LogP contribution in [-0.2, 0) is 10.2 Å². The first kappa shape index (κ1) is 10.0. The fourth-order valence-electron chi connectivity index (χ4n) is 0.372. The van der Waals surface area contributed by atoms with E-state index in [1.54, 1.807) is 10.8 Å². The Hall–Kier alpha value is 1.01. The molecule has 0 fully saturated rings. The highest BCUT2D eigenvalue weighted by Gasteiger charge is 2.04. The molecule has 9 heavy (non-hydrogen) atoms. The van der Waals surface area contributed by atoms with Crippen molar-refractivity contribution in [3.63, 3.8) is 0 Å². The van der Waals surface area contributed by atoms with E-state index in [2.05, 4.69) is 6.92 Å². The average molecular weight is 184 g/mol. The SMILES string of the molecule is CCCC[S+]([O-])SSC. The summed E-state index contributed by atoms with van der Waals surface area (Å²) in [6, 6.07) is 0. The molecule has 0 heterocycles. The van der Waals surface area contributed by atoms with E-state index < -0.39 is 10.2 Å². The molecule has 1 atom stereocenters. The monoisotopic (exact) mass is 184 g/mol. The maximum atomic E-state index is 10.9. The number of hydrogen-bond donors (Lipinski definition) is 0. The minimum Gasteiger partial charge on any atom is -0.604 e. The highest BCUT2D eigenvalue weighted by molar-refractivity contribution is 9.06. The molecule has 0 aliphatic rings. The molecule has 0 aromatic rings. The lowest BCUT2D eigenvalue weighted by atomic mass is 10.4. The maximum absolute atomic E-state index is 10.9. The van der Waals surface area contributed by atoms with Gasteiger partial charge in [-0.25, -0.2) is 0 Å². The van der Waals surface area contributed by atoms with Gasteiger partial charge >= 0.3 is 0 Å². The molecule has 1 unspecified atom stereocenters. The first-order chi connectivity index (χ1) is 4.31. The van der Waals surface area contributed by atoms with Crippen molar-refractivity contribution >= 4 is 30.8 Å². The largest absolute Gasteiger partial charge is 0.604 e. The van der Waals surface area contributed by atoms with Gasteiger partial charge in [-0.15, -0.1) is 0 Å². The summed E-state index contributed by atoms with van der Waals surface area (Å²) in [7, 11) is 2.40. The van der Waals surface area contributed by atoms with Crippen LogP contribution < -0.4 is 0 Å². The van der Waals surface area contributed by atoms with Gasteiger partial charge in [0.1, 0.15) is 5.75 Å². The molecular weight excluding hydrogens is 172 g/mol. The summed E-state index contributed by atoms with van der Waals surface area (Å²) in [4.78, 5) is 0. The summed E-state index contributed by atoms with van der Waals surface area (Å²) in [5.74, 6) is 0.849. The van der Waals surface area contributed by atoms with E-state index in [1.807, 2.05) is 6.26 Å². The Balaban J connectivity index is 2.95. The van der Waals surface area contributed by atoms with Gasteiger partial charge in [0, 0.05) is 10.2 Å². The molecule has 0 bridgehead atoms. The third-order valence-electron chi connectivity index (χ3n) is 0.808. The van der Waals surface area contributed by atoms with E-state index in [4.69, 9.17) is 0 Å². The molecule has 0 aromatic carbocycles. The van der Waals surface area contributed by atoms with Gasteiger partial charge < -0.3 is 4.55 Å². The third-order valence-corrected chi connectivity index (χ3v) is 5.67. The Morgan fingerprint density at radius 3 is 2.67 bits per heavy atom. The van der Waals surface area contributed by atoms with Gasteiger partial charge in [0.25, 0.3) is 0 Å². The Kier molecular flexibility index (Phi) is 7.92. The molecule has 0 rings (SSSR count). The minimum absolute atomic E-state index is 0.640. The lowest BCUT2D eigenvalue weighted by molar-refractivity contribution is 0.606. The summed E-state index contributed by atoms with van der Waals surface area (Å²) in [5.41, 5.74) is 0. The van der Waals surface area contributed by atoms with Gasteiger partial charge in [-0.05, 0) is 23.5 Å². The maximum Gasteiger partial charge on any atom is 0.160 e. The first-order valence-electron chi connectivity index (χ1n) is 2.90. The van der Waals surface area contributed by atoms with Gasteiger partial charge in [-0.3, -0.25) is 0 Å². The van der Waals surface area contributed by atoms with Crippen LogP contribution in [0.4, 0.5) is 0 Å². The Bertz CT molecular complexity index is 60.2. The standard InChI is InChI=1S/C5H12OS3/c1-3-4-5-9(6)8-7-2/h3-5H2,1-2H3. The predicted molar refractivity (Wildman–Crippen MR) is 49.0 cm³/mol.